The minimum atomic E-state index is -3.82. The fraction of sp³-hybridized carbons (Fsp3) is 0.273. The van der Waals surface area contributed by atoms with Crippen LogP contribution in [-0.4, -0.2) is 32.1 Å². The first kappa shape index (κ1) is 24.6. The van der Waals surface area contributed by atoms with Gasteiger partial charge in [-0.2, -0.15) is 4.98 Å². The molecular weight excluding hydrogens is 472 g/mol. The third kappa shape index (κ3) is 6.96. The monoisotopic (exact) mass is 495 g/mol. The lowest BCUT2D eigenvalue weighted by molar-refractivity contribution is 0.0949. The van der Waals surface area contributed by atoms with E-state index in [1.54, 1.807) is 10.1 Å². The summed E-state index contributed by atoms with van der Waals surface area (Å²) in [5.74, 6) is -1.55. The van der Waals surface area contributed by atoms with Crippen molar-refractivity contribution in [3.8, 4) is 10.9 Å². The maximum absolute atomic E-state index is 14.1. The van der Waals surface area contributed by atoms with Gasteiger partial charge in [-0.15, -0.1) is 0 Å². The molecule has 0 saturated carbocycles. The highest BCUT2D eigenvalue weighted by Gasteiger charge is 2.16. The van der Waals surface area contributed by atoms with Gasteiger partial charge in [0, 0.05) is 11.9 Å². The topological polar surface area (TPSA) is 97.4 Å². The Morgan fingerprint density at radius 2 is 1.88 bits per heavy atom. The minimum Gasteiger partial charge on any atom is -0.431 e. The molecule has 0 bridgehead atoms. The smallest absolute Gasteiger partial charge is 0.279 e. The Kier molecular flexibility index (Phi) is 7.65. The molecule has 7 nitrogen and oxygen atoms in total. The molecule has 0 saturated heterocycles. The van der Waals surface area contributed by atoms with Crippen molar-refractivity contribution >= 4 is 33.0 Å². The number of aromatic nitrogens is 1. The number of halogens is 2. The molecule has 0 spiro atoms. The SMILES string of the molecule is CC(C)c1cccc(Oc2nc(C(=O)NCCc3cc(F)c(NS(C)(=O)=O)c(F)c3)cs2)c1. The molecule has 33 heavy (non-hydrogen) atoms. The summed E-state index contributed by atoms with van der Waals surface area (Å²) >= 11 is 1.18. The molecule has 1 aromatic heterocycles. The molecule has 1 heterocycles. The fourth-order valence-corrected chi connectivity index (χ4v) is 4.14. The third-order valence-corrected chi connectivity index (χ3v) is 5.83. The lowest BCUT2D eigenvalue weighted by Crippen LogP contribution is -2.26. The molecule has 0 aliphatic carbocycles. The molecule has 3 aromatic rings. The van der Waals surface area contributed by atoms with E-state index >= 15 is 0 Å². The van der Waals surface area contributed by atoms with Crippen molar-refractivity contribution in [2.24, 2.45) is 0 Å². The number of carbonyl (C=O) groups excluding carboxylic acids is 1. The fourth-order valence-electron chi connectivity index (χ4n) is 2.91. The summed E-state index contributed by atoms with van der Waals surface area (Å²) in [6.07, 6.45) is 0.932. The van der Waals surface area contributed by atoms with E-state index in [9.17, 15) is 22.0 Å². The van der Waals surface area contributed by atoms with Crippen LogP contribution in [0.25, 0.3) is 0 Å². The number of hydrogen-bond acceptors (Lipinski definition) is 6. The molecule has 2 aromatic carbocycles. The quantitative estimate of drug-likeness (QED) is 0.449. The van der Waals surface area contributed by atoms with Crippen LogP contribution in [0.3, 0.4) is 0 Å². The predicted molar refractivity (Wildman–Crippen MR) is 124 cm³/mol. The van der Waals surface area contributed by atoms with Crippen LogP contribution < -0.4 is 14.8 Å². The summed E-state index contributed by atoms with van der Waals surface area (Å²) in [7, 11) is -3.82. The Hall–Kier alpha value is -3.05. The van der Waals surface area contributed by atoms with Crippen LogP contribution in [-0.2, 0) is 16.4 Å². The maximum atomic E-state index is 14.1. The predicted octanol–water partition coefficient (Wildman–Crippen LogP) is 4.68. The van der Waals surface area contributed by atoms with Gasteiger partial charge in [0.25, 0.3) is 11.1 Å². The average Bonchev–Trinajstić information content (AvgIpc) is 3.19. The largest absolute Gasteiger partial charge is 0.431 e. The van der Waals surface area contributed by atoms with Crippen LogP contribution in [0.15, 0.2) is 41.8 Å². The number of anilines is 1. The number of hydrogen-bond donors (Lipinski definition) is 2. The van der Waals surface area contributed by atoms with Gasteiger partial charge >= 0.3 is 0 Å². The van der Waals surface area contributed by atoms with Gasteiger partial charge in [0.2, 0.25) is 10.0 Å². The first-order valence-corrected chi connectivity index (χ1v) is 12.8. The van der Waals surface area contributed by atoms with Crippen LogP contribution in [0.1, 0.15) is 41.4 Å². The number of sulfonamides is 1. The molecule has 0 atom stereocenters. The third-order valence-electron chi connectivity index (χ3n) is 4.53. The number of nitrogens with one attached hydrogen (secondary N) is 2. The Bertz CT molecular complexity index is 1240. The normalized spacial score (nSPS) is 11.5. The molecule has 176 valence electrons. The summed E-state index contributed by atoms with van der Waals surface area (Å²) in [6.45, 7) is 4.25. The highest BCUT2D eigenvalue weighted by Crippen LogP contribution is 2.28. The van der Waals surface area contributed by atoms with E-state index < -0.39 is 33.3 Å². The number of benzene rings is 2. The second-order valence-electron chi connectivity index (χ2n) is 7.64. The van der Waals surface area contributed by atoms with Crippen LogP contribution in [0.4, 0.5) is 14.5 Å². The van der Waals surface area contributed by atoms with Gasteiger partial charge in [-0.3, -0.25) is 9.52 Å². The molecule has 0 unspecified atom stereocenters. The number of carbonyl (C=O) groups is 1. The summed E-state index contributed by atoms with van der Waals surface area (Å²) in [5, 5.41) is 4.51. The van der Waals surface area contributed by atoms with E-state index in [1.165, 1.54) is 11.3 Å². The first-order chi connectivity index (χ1) is 15.5. The van der Waals surface area contributed by atoms with E-state index in [2.05, 4.69) is 24.1 Å². The van der Waals surface area contributed by atoms with Crippen molar-refractivity contribution < 1.29 is 26.7 Å². The summed E-state index contributed by atoms with van der Waals surface area (Å²) < 4.78 is 58.1. The molecule has 0 fully saturated rings. The van der Waals surface area contributed by atoms with Crippen LogP contribution in [0.2, 0.25) is 0 Å². The summed E-state index contributed by atoms with van der Waals surface area (Å²) in [4.78, 5) is 16.5. The van der Waals surface area contributed by atoms with Crippen LogP contribution >= 0.6 is 11.3 Å². The number of amides is 1. The highest BCUT2D eigenvalue weighted by molar-refractivity contribution is 7.92. The van der Waals surface area contributed by atoms with Crippen molar-refractivity contribution in [3.05, 3.63) is 70.2 Å². The van der Waals surface area contributed by atoms with E-state index in [0.29, 0.717) is 16.9 Å². The van der Waals surface area contributed by atoms with Gasteiger partial charge in [-0.25, -0.2) is 17.2 Å². The molecule has 3 rings (SSSR count). The molecule has 1 amide bonds. The molecular formula is C22H23F2N3O4S2. The van der Waals surface area contributed by atoms with E-state index in [1.807, 2.05) is 24.3 Å². The molecule has 0 radical (unpaired) electrons. The zero-order valence-electron chi connectivity index (χ0n) is 18.2. The number of nitrogens with zero attached hydrogens (tertiary/aromatic N) is 1. The van der Waals surface area contributed by atoms with Crippen molar-refractivity contribution in [1.29, 1.82) is 0 Å². The number of thiazole rings is 1. The van der Waals surface area contributed by atoms with Crippen LogP contribution in [0, 0.1) is 11.6 Å². The van der Waals surface area contributed by atoms with Crippen molar-refractivity contribution in [2.75, 3.05) is 17.5 Å². The maximum Gasteiger partial charge on any atom is 0.279 e. The van der Waals surface area contributed by atoms with E-state index in [-0.39, 0.29) is 24.2 Å². The average molecular weight is 496 g/mol. The van der Waals surface area contributed by atoms with Gasteiger partial charge in [0.1, 0.15) is 17.1 Å². The molecule has 2 N–H and O–H groups in total. The standard InChI is InChI=1S/C22H23F2N3O4S2/c1-13(2)15-5-4-6-16(11-15)31-22-26-19(12-32-22)21(28)25-8-7-14-9-17(23)20(18(24)10-14)27-33(3,29)30/h4-6,9-13,27H,7-8H2,1-3H3,(H,25,28). The Morgan fingerprint density at radius 1 is 1.18 bits per heavy atom. The van der Waals surface area contributed by atoms with Crippen molar-refractivity contribution in [3.63, 3.8) is 0 Å². The molecule has 0 aliphatic rings. The van der Waals surface area contributed by atoms with Gasteiger partial charge in [-0.05, 0) is 47.7 Å². The Labute approximate surface area is 194 Å². The lowest BCUT2D eigenvalue weighted by atomic mass is 10.0. The number of ether oxygens (including phenoxy) is 1. The second kappa shape index (κ2) is 10.3. The number of rotatable bonds is 9. The first-order valence-electron chi connectivity index (χ1n) is 9.99. The Balaban J connectivity index is 1.57. The van der Waals surface area contributed by atoms with Gasteiger partial charge in [0.05, 0.1) is 6.26 Å². The second-order valence-corrected chi connectivity index (χ2v) is 10.2. The Morgan fingerprint density at radius 3 is 2.52 bits per heavy atom. The van der Waals surface area contributed by atoms with E-state index in [4.69, 9.17) is 4.74 Å². The molecule has 0 aliphatic heterocycles. The lowest BCUT2D eigenvalue weighted by Gasteiger charge is -2.09. The summed E-state index contributed by atoms with van der Waals surface area (Å²) in [5.41, 5.74) is 0.811. The van der Waals surface area contributed by atoms with Gasteiger partial charge in [-0.1, -0.05) is 37.3 Å². The molecule has 11 heteroatoms. The van der Waals surface area contributed by atoms with Crippen LogP contribution in [0.5, 0.6) is 10.9 Å². The van der Waals surface area contributed by atoms with Crippen molar-refractivity contribution in [2.45, 2.75) is 26.2 Å². The van der Waals surface area contributed by atoms with Gasteiger partial charge in [0.15, 0.2) is 11.6 Å². The van der Waals surface area contributed by atoms with Gasteiger partial charge < -0.3 is 10.1 Å². The minimum absolute atomic E-state index is 0.0979. The highest BCUT2D eigenvalue weighted by atomic mass is 32.2. The zero-order valence-corrected chi connectivity index (χ0v) is 19.8. The van der Waals surface area contributed by atoms with E-state index in [0.717, 1.165) is 24.0 Å². The zero-order chi connectivity index (χ0) is 24.2. The summed E-state index contributed by atoms with van der Waals surface area (Å²) in [6, 6.07) is 9.65. The van der Waals surface area contributed by atoms with Crippen molar-refractivity contribution in [1.82, 2.24) is 10.3 Å².